The molecule has 1 atom stereocenters. The number of ether oxygens (including phenoxy) is 1. The Balaban J connectivity index is 1.51. The maximum atomic E-state index is 12.1. The fourth-order valence-corrected chi connectivity index (χ4v) is 5.12. The molecule has 2 aromatic carbocycles. The Labute approximate surface area is 213 Å². The highest BCUT2D eigenvalue weighted by Crippen LogP contribution is 2.37. The molecule has 0 saturated carbocycles. The van der Waals surface area contributed by atoms with Gasteiger partial charge in [-0.3, -0.25) is 8.97 Å². The topological polar surface area (TPSA) is 82.2 Å². The van der Waals surface area contributed by atoms with E-state index in [-0.39, 0.29) is 0 Å². The molecule has 0 spiro atoms. The Morgan fingerprint density at radius 2 is 1.97 bits per heavy atom. The molecule has 6 rings (SSSR count). The number of aryl methyl sites for hydroxylation is 1. The lowest BCUT2D eigenvalue weighted by Crippen LogP contribution is -2.35. The van der Waals surface area contributed by atoms with Crippen molar-refractivity contribution in [2.75, 3.05) is 26.7 Å². The van der Waals surface area contributed by atoms with Crippen LogP contribution in [0.1, 0.15) is 12.8 Å². The van der Waals surface area contributed by atoms with Crippen LogP contribution in [-0.2, 0) is 7.05 Å². The van der Waals surface area contributed by atoms with Crippen LogP contribution in [0.2, 0.25) is 0 Å². The minimum absolute atomic E-state index is 0.414. The molecule has 4 heterocycles. The molecule has 9 heteroatoms. The zero-order valence-electron chi connectivity index (χ0n) is 20.7. The van der Waals surface area contributed by atoms with E-state index in [1.807, 2.05) is 40.9 Å². The number of hydrogen-bond acceptors (Lipinski definition) is 6. The van der Waals surface area contributed by atoms with Gasteiger partial charge in [0.1, 0.15) is 0 Å². The van der Waals surface area contributed by atoms with Gasteiger partial charge in [-0.25, -0.2) is 14.6 Å². The van der Waals surface area contributed by atoms with Gasteiger partial charge < -0.3 is 14.1 Å². The Bertz CT molecular complexity index is 1710. The fourth-order valence-electron chi connectivity index (χ4n) is 5.12. The van der Waals surface area contributed by atoms with Crippen molar-refractivity contribution in [1.82, 2.24) is 23.8 Å². The Morgan fingerprint density at radius 3 is 2.76 bits per heavy atom. The second kappa shape index (κ2) is 9.22. The summed E-state index contributed by atoms with van der Waals surface area (Å²) in [4.78, 5) is 27.6. The summed E-state index contributed by atoms with van der Waals surface area (Å²) in [5, 5.41) is 0. The fraction of sp³-hybridized carbons (Fsp3) is 0.286. The number of fused-ring (bicyclic) bond motifs is 2. The average Bonchev–Trinajstić information content (AvgIpc) is 3.51. The molecule has 1 aliphatic heterocycles. The Kier molecular flexibility index (Phi) is 5.74. The first kappa shape index (κ1) is 23.0. The summed E-state index contributed by atoms with van der Waals surface area (Å²) in [6, 6.07) is 13.5. The predicted molar refractivity (Wildman–Crippen MR) is 141 cm³/mol. The van der Waals surface area contributed by atoms with Crippen LogP contribution in [0.4, 0.5) is 5.69 Å². The summed E-state index contributed by atoms with van der Waals surface area (Å²) in [7, 11) is 3.83. The van der Waals surface area contributed by atoms with Crippen molar-refractivity contribution in [1.29, 1.82) is 0 Å². The summed E-state index contributed by atoms with van der Waals surface area (Å²) in [5.41, 5.74) is 5.57. The van der Waals surface area contributed by atoms with E-state index in [0.29, 0.717) is 46.7 Å². The molecule has 37 heavy (non-hydrogen) atoms. The lowest BCUT2D eigenvalue weighted by atomic mass is 9.99. The van der Waals surface area contributed by atoms with Crippen molar-refractivity contribution in [3.8, 4) is 28.4 Å². The highest BCUT2D eigenvalue weighted by atomic mass is 16.5. The average molecular weight is 495 g/mol. The highest BCUT2D eigenvalue weighted by Gasteiger charge is 2.22. The number of likely N-dealkylation sites (tertiary alicyclic amines) is 1. The van der Waals surface area contributed by atoms with Crippen LogP contribution in [0.25, 0.3) is 44.0 Å². The minimum atomic E-state index is -0.414. The number of benzene rings is 2. The standard InChI is InChI=1S/C28H26N6O3/c1-29-21-9-6-19(7-10-21)25-24(20-8-11-22-23(15-20)37-28(35)33(22)3)26-30-12-14-34(26)27(31-25)36-17-18-5-4-13-32(2)16-18/h6-12,14-15,18H,4-5,13,16-17H2,2-3H3/t18-/m1/s1. The number of oxazole rings is 1. The van der Waals surface area contributed by atoms with Crippen molar-refractivity contribution in [2.45, 2.75) is 12.8 Å². The van der Waals surface area contributed by atoms with Gasteiger partial charge in [0.05, 0.1) is 30.0 Å². The van der Waals surface area contributed by atoms with Crippen molar-refractivity contribution >= 4 is 22.4 Å². The zero-order valence-corrected chi connectivity index (χ0v) is 20.7. The lowest BCUT2D eigenvalue weighted by Gasteiger charge is -2.29. The first-order valence-corrected chi connectivity index (χ1v) is 12.3. The quantitative estimate of drug-likeness (QED) is 0.327. The second-order valence-electron chi connectivity index (χ2n) is 9.59. The third kappa shape index (κ3) is 4.15. The number of aromatic nitrogens is 4. The molecule has 0 N–H and O–H groups in total. The molecule has 0 radical (unpaired) electrons. The molecular formula is C28H26N6O3. The third-order valence-corrected chi connectivity index (χ3v) is 7.04. The summed E-state index contributed by atoms with van der Waals surface area (Å²) in [6.45, 7) is 10.00. The number of rotatable bonds is 5. The third-order valence-electron chi connectivity index (χ3n) is 7.04. The second-order valence-corrected chi connectivity index (χ2v) is 9.59. The normalized spacial score (nSPS) is 16.3. The Morgan fingerprint density at radius 1 is 1.16 bits per heavy atom. The van der Waals surface area contributed by atoms with Gasteiger partial charge in [-0.1, -0.05) is 30.3 Å². The molecule has 5 aromatic rings. The van der Waals surface area contributed by atoms with Gasteiger partial charge in [0.25, 0.3) is 0 Å². The lowest BCUT2D eigenvalue weighted by molar-refractivity contribution is 0.143. The molecule has 0 bridgehead atoms. The van der Waals surface area contributed by atoms with E-state index in [1.165, 1.54) is 4.57 Å². The first-order chi connectivity index (χ1) is 18.0. The van der Waals surface area contributed by atoms with E-state index in [1.54, 1.807) is 25.4 Å². The van der Waals surface area contributed by atoms with Crippen LogP contribution < -0.4 is 10.5 Å². The van der Waals surface area contributed by atoms with Crippen LogP contribution in [0.5, 0.6) is 6.01 Å². The molecule has 0 aliphatic carbocycles. The van der Waals surface area contributed by atoms with Crippen molar-refractivity contribution < 1.29 is 9.15 Å². The molecule has 9 nitrogen and oxygen atoms in total. The van der Waals surface area contributed by atoms with Gasteiger partial charge in [-0.15, -0.1) is 0 Å². The monoisotopic (exact) mass is 494 g/mol. The number of imidazole rings is 1. The van der Waals surface area contributed by atoms with Crippen LogP contribution in [0.3, 0.4) is 0 Å². The maximum Gasteiger partial charge on any atom is 0.419 e. The molecular weight excluding hydrogens is 468 g/mol. The molecule has 1 fully saturated rings. The smallest absolute Gasteiger partial charge is 0.419 e. The van der Waals surface area contributed by atoms with Gasteiger partial charge in [-0.2, -0.15) is 4.98 Å². The van der Waals surface area contributed by atoms with Gasteiger partial charge in [0, 0.05) is 31.9 Å². The van der Waals surface area contributed by atoms with E-state index in [0.717, 1.165) is 42.6 Å². The van der Waals surface area contributed by atoms with Crippen LogP contribution in [0.15, 0.2) is 64.1 Å². The van der Waals surface area contributed by atoms with Crippen molar-refractivity contribution in [3.63, 3.8) is 0 Å². The van der Waals surface area contributed by atoms with E-state index in [9.17, 15) is 4.79 Å². The maximum absolute atomic E-state index is 12.1. The summed E-state index contributed by atoms with van der Waals surface area (Å²) >= 11 is 0. The van der Waals surface area contributed by atoms with E-state index in [4.69, 9.17) is 20.7 Å². The molecule has 186 valence electrons. The van der Waals surface area contributed by atoms with Crippen molar-refractivity contribution in [3.05, 3.63) is 76.8 Å². The largest absolute Gasteiger partial charge is 0.464 e. The minimum Gasteiger partial charge on any atom is -0.464 e. The molecule has 0 amide bonds. The van der Waals surface area contributed by atoms with Crippen LogP contribution in [0, 0.1) is 12.5 Å². The molecule has 0 unspecified atom stereocenters. The number of piperidine rings is 1. The summed E-state index contributed by atoms with van der Waals surface area (Å²) in [5.74, 6) is 0.0203. The van der Waals surface area contributed by atoms with Crippen LogP contribution >= 0.6 is 0 Å². The highest BCUT2D eigenvalue weighted by molar-refractivity contribution is 5.93. The molecule has 3 aromatic heterocycles. The number of hydrogen-bond donors (Lipinski definition) is 0. The molecule has 1 aliphatic rings. The van der Waals surface area contributed by atoms with Gasteiger partial charge >= 0.3 is 11.8 Å². The van der Waals surface area contributed by atoms with Crippen molar-refractivity contribution in [2.24, 2.45) is 13.0 Å². The predicted octanol–water partition coefficient (Wildman–Crippen LogP) is 4.78. The summed E-state index contributed by atoms with van der Waals surface area (Å²) in [6.07, 6.45) is 5.87. The first-order valence-electron chi connectivity index (χ1n) is 12.3. The number of nitrogens with zero attached hydrogens (tertiary/aromatic N) is 6. The van der Waals surface area contributed by atoms with Gasteiger partial charge in [0.15, 0.2) is 16.9 Å². The van der Waals surface area contributed by atoms with Gasteiger partial charge in [-0.05, 0) is 49.7 Å². The van der Waals surface area contributed by atoms with Gasteiger partial charge in [0.2, 0.25) is 0 Å². The zero-order chi connectivity index (χ0) is 25.5. The van der Waals surface area contributed by atoms with E-state index >= 15 is 0 Å². The Hall–Kier alpha value is -4.42. The van der Waals surface area contributed by atoms with Crippen LogP contribution in [-0.4, -0.2) is 50.6 Å². The molecule has 1 saturated heterocycles. The SMILES string of the molecule is [C-]#[N+]c1ccc(-c2nc(OC[C@@H]3CCCN(C)C3)n3ccnc3c2-c2ccc3c(c2)oc(=O)n3C)cc1. The summed E-state index contributed by atoms with van der Waals surface area (Å²) < 4.78 is 15.1. The van der Waals surface area contributed by atoms with E-state index < -0.39 is 5.76 Å². The van der Waals surface area contributed by atoms with E-state index in [2.05, 4.69) is 21.8 Å².